The number of hydrogen-bond donors (Lipinski definition) is 2. The molecule has 0 radical (unpaired) electrons. The summed E-state index contributed by atoms with van der Waals surface area (Å²) in [6.45, 7) is 0.422. The molecule has 0 aliphatic rings. The Labute approximate surface area is 136 Å². The van der Waals surface area contributed by atoms with Gasteiger partial charge in [-0.2, -0.15) is 0 Å². The van der Waals surface area contributed by atoms with Crippen molar-refractivity contribution in [2.24, 2.45) is 0 Å². The highest BCUT2D eigenvalue weighted by molar-refractivity contribution is 9.10. The molecule has 2 N–H and O–H groups in total. The van der Waals surface area contributed by atoms with Crippen LogP contribution in [0.5, 0.6) is 11.5 Å². The standard InChI is InChI=1S/C16H15BrFNO3/c1-22-14-9-11(8-13(17)15(14)20)16(21)19-7-6-10-2-4-12(18)5-3-10/h2-5,8-9,20H,6-7H2,1H3,(H,19,21). The highest BCUT2D eigenvalue weighted by Crippen LogP contribution is 2.35. The molecule has 2 aromatic carbocycles. The Bertz CT molecular complexity index is 674. The molecule has 0 fully saturated rings. The summed E-state index contributed by atoms with van der Waals surface area (Å²) >= 11 is 3.17. The SMILES string of the molecule is COc1cc(C(=O)NCCc2ccc(F)cc2)cc(Br)c1O. The van der Waals surface area contributed by atoms with Crippen LogP contribution < -0.4 is 10.1 Å². The molecule has 4 nitrogen and oxygen atoms in total. The van der Waals surface area contributed by atoms with Gasteiger partial charge in [-0.05, 0) is 52.2 Å². The molecular formula is C16H15BrFNO3. The van der Waals surface area contributed by atoms with E-state index in [1.165, 1.54) is 31.4 Å². The van der Waals surface area contributed by atoms with E-state index in [-0.39, 0.29) is 23.2 Å². The smallest absolute Gasteiger partial charge is 0.251 e. The van der Waals surface area contributed by atoms with Crippen LogP contribution in [-0.2, 0) is 6.42 Å². The van der Waals surface area contributed by atoms with Crippen LogP contribution in [0, 0.1) is 5.82 Å². The molecule has 2 rings (SSSR count). The summed E-state index contributed by atoms with van der Waals surface area (Å²) in [4.78, 5) is 12.1. The van der Waals surface area contributed by atoms with Crippen molar-refractivity contribution < 1.29 is 19.0 Å². The largest absolute Gasteiger partial charge is 0.503 e. The van der Waals surface area contributed by atoms with E-state index in [0.29, 0.717) is 23.0 Å². The molecule has 22 heavy (non-hydrogen) atoms. The van der Waals surface area contributed by atoms with Crippen molar-refractivity contribution in [3.8, 4) is 11.5 Å². The van der Waals surface area contributed by atoms with Crippen molar-refractivity contribution >= 4 is 21.8 Å². The van der Waals surface area contributed by atoms with Gasteiger partial charge in [-0.25, -0.2) is 4.39 Å². The van der Waals surface area contributed by atoms with Crippen LogP contribution in [0.4, 0.5) is 4.39 Å². The number of halogens is 2. The van der Waals surface area contributed by atoms with Gasteiger partial charge in [-0.1, -0.05) is 12.1 Å². The lowest BCUT2D eigenvalue weighted by Gasteiger charge is -2.09. The Kier molecular flexibility index (Phi) is 5.38. The molecule has 0 saturated heterocycles. The van der Waals surface area contributed by atoms with E-state index < -0.39 is 0 Å². The first kappa shape index (κ1) is 16.3. The van der Waals surface area contributed by atoms with Gasteiger partial charge in [0, 0.05) is 12.1 Å². The predicted molar refractivity (Wildman–Crippen MR) is 84.8 cm³/mol. The summed E-state index contributed by atoms with van der Waals surface area (Å²) in [6, 6.07) is 9.12. The lowest BCUT2D eigenvalue weighted by atomic mass is 10.1. The normalized spacial score (nSPS) is 10.3. The molecule has 1 amide bonds. The van der Waals surface area contributed by atoms with E-state index in [1.54, 1.807) is 12.1 Å². The summed E-state index contributed by atoms with van der Waals surface area (Å²) in [5.74, 6) is -0.390. The number of phenolic OH excluding ortho intramolecular Hbond substituents is 1. The second kappa shape index (κ2) is 7.26. The van der Waals surface area contributed by atoms with Gasteiger partial charge >= 0.3 is 0 Å². The molecule has 0 heterocycles. The van der Waals surface area contributed by atoms with Crippen molar-refractivity contribution in [3.63, 3.8) is 0 Å². The minimum absolute atomic E-state index is 0.0506. The molecular weight excluding hydrogens is 353 g/mol. The second-order valence-corrected chi connectivity index (χ2v) is 5.50. The molecule has 0 aromatic heterocycles. The first-order chi connectivity index (χ1) is 10.5. The number of carbonyl (C=O) groups excluding carboxylic acids is 1. The van der Waals surface area contributed by atoms with Crippen LogP contribution in [-0.4, -0.2) is 24.7 Å². The molecule has 0 atom stereocenters. The lowest BCUT2D eigenvalue weighted by molar-refractivity contribution is 0.0953. The van der Waals surface area contributed by atoms with E-state index in [4.69, 9.17) is 4.74 Å². The first-order valence-corrected chi connectivity index (χ1v) is 7.39. The Morgan fingerprint density at radius 1 is 1.32 bits per heavy atom. The van der Waals surface area contributed by atoms with Gasteiger partial charge in [0.1, 0.15) is 5.82 Å². The molecule has 0 saturated carbocycles. The maximum absolute atomic E-state index is 12.8. The van der Waals surface area contributed by atoms with Crippen molar-refractivity contribution in [2.75, 3.05) is 13.7 Å². The zero-order valence-corrected chi connectivity index (χ0v) is 13.5. The van der Waals surface area contributed by atoms with Crippen LogP contribution in [0.1, 0.15) is 15.9 Å². The summed E-state index contributed by atoms with van der Waals surface area (Å²) in [6.07, 6.45) is 0.600. The van der Waals surface area contributed by atoms with E-state index >= 15 is 0 Å². The van der Waals surface area contributed by atoms with Crippen LogP contribution in [0.2, 0.25) is 0 Å². The first-order valence-electron chi connectivity index (χ1n) is 6.60. The third-order valence-corrected chi connectivity index (χ3v) is 3.73. The van der Waals surface area contributed by atoms with Crippen molar-refractivity contribution in [2.45, 2.75) is 6.42 Å². The zero-order chi connectivity index (χ0) is 16.1. The second-order valence-electron chi connectivity index (χ2n) is 4.64. The molecule has 0 spiro atoms. The van der Waals surface area contributed by atoms with E-state index in [1.807, 2.05) is 0 Å². The van der Waals surface area contributed by atoms with Gasteiger partial charge in [0.2, 0.25) is 0 Å². The number of rotatable bonds is 5. The van der Waals surface area contributed by atoms with Crippen molar-refractivity contribution in [1.82, 2.24) is 5.32 Å². The van der Waals surface area contributed by atoms with Gasteiger partial charge in [-0.3, -0.25) is 4.79 Å². The molecule has 116 valence electrons. The maximum Gasteiger partial charge on any atom is 0.251 e. The van der Waals surface area contributed by atoms with E-state index in [2.05, 4.69) is 21.2 Å². The fourth-order valence-corrected chi connectivity index (χ4v) is 2.38. The number of ether oxygens (including phenoxy) is 1. The molecule has 6 heteroatoms. The molecule has 0 aliphatic heterocycles. The third-order valence-electron chi connectivity index (χ3n) is 3.12. The van der Waals surface area contributed by atoms with Crippen LogP contribution in [0.3, 0.4) is 0 Å². The summed E-state index contributed by atoms with van der Waals surface area (Å²) in [5, 5.41) is 12.5. The quantitative estimate of drug-likeness (QED) is 0.852. The molecule has 2 aromatic rings. The summed E-state index contributed by atoms with van der Waals surface area (Å²) in [5.41, 5.74) is 1.31. The van der Waals surface area contributed by atoms with E-state index in [0.717, 1.165) is 5.56 Å². The number of phenols is 1. The predicted octanol–water partition coefficient (Wildman–Crippen LogP) is 3.27. The number of benzene rings is 2. The zero-order valence-electron chi connectivity index (χ0n) is 11.9. The number of amides is 1. The third kappa shape index (κ3) is 3.98. The molecule has 0 aliphatic carbocycles. The summed E-state index contributed by atoms with van der Waals surface area (Å²) in [7, 11) is 1.41. The fourth-order valence-electron chi connectivity index (χ4n) is 1.93. The highest BCUT2D eigenvalue weighted by Gasteiger charge is 2.13. The van der Waals surface area contributed by atoms with Crippen molar-refractivity contribution in [1.29, 1.82) is 0 Å². The number of carbonyl (C=O) groups is 1. The Morgan fingerprint density at radius 2 is 2.00 bits per heavy atom. The van der Waals surface area contributed by atoms with Gasteiger partial charge in [0.25, 0.3) is 5.91 Å². The van der Waals surface area contributed by atoms with Gasteiger partial charge in [0.15, 0.2) is 11.5 Å². The average Bonchev–Trinajstić information content (AvgIpc) is 2.51. The maximum atomic E-state index is 12.8. The van der Waals surface area contributed by atoms with E-state index in [9.17, 15) is 14.3 Å². The molecule has 0 unspecified atom stereocenters. The van der Waals surface area contributed by atoms with Gasteiger partial charge in [0.05, 0.1) is 11.6 Å². The Hall–Kier alpha value is -2.08. The molecule has 0 bridgehead atoms. The Balaban J connectivity index is 1.97. The summed E-state index contributed by atoms with van der Waals surface area (Å²) < 4.78 is 18.2. The number of hydrogen-bond acceptors (Lipinski definition) is 3. The fraction of sp³-hybridized carbons (Fsp3) is 0.188. The number of aromatic hydroxyl groups is 1. The highest BCUT2D eigenvalue weighted by atomic mass is 79.9. The van der Waals surface area contributed by atoms with Crippen molar-refractivity contribution in [3.05, 3.63) is 57.8 Å². The van der Waals surface area contributed by atoms with Crippen LogP contribution in [0.25, 0.3) is 0 Å². The topological polar surface area (TPSA) is 58.6 Å². The average molecular weight is 368 g/mol. The lowest BCUT2D eigenvalue weighted by Crippen LogP contribution is -2.25. The Morgan fingerprint density at radius 3 is 2.64 bits per heavy atom. The van der Waals surface area contributed by atoms with Gasteiger partial charge in [-0.15, -0.1) is 0 Å². The van der Waals surface area contributed by atoms with Crippen LogP contribution in [0.15, 0.2) is 40.9 Å². The monoisotopic (exact) mass is 367 g/mol. The minimum Gasteiger partial charge on any atom is -0.503 e. The number of methoxy groups -OCH3 is 1. The van der Waals surface area contributed by atoms with Crippen LogP contribution >= 0.6 is 15.9 Å². The number of nitrogens with one attached hydrogen (secondary N) is 1. The van der Waals surface area contributed by atoms with Gasteiger partial charge < -0.3 is 15.2 Å². The minimum atomic E-state index is -0.283.